The Balaban J connectivity index is 2.36. The van der Waals surface area contributed by atoms with Gasteiger partial charge in [-0.1, -0.05) is 13.8 Å². The molecule has 2 aromatic heterocycles. The highest BCUT2D eigenvalue weighted by Crippen LogP contribution is 2.14. The second-order valence-corrected chi connectivity index (χ2v) is 6.18. The van der Waals surface area contributed by atoms with Gasteiger partial charge in [0.05, 0.1) is 21.9 Å². The van der Waals surface area contributed by atoms with E-state index in [0.717, 1.165) is 18.5 Å². The molecule has 7 heteroatoms. The average molecular weight is 402 g/mol. The summed E-state index contributed by atoms with van der Waals surface area (Å²) in [6, 6.07) is 2.22. The Labute approximate surface area is 136 Å². The third-order valence-corrected chi connectivity index (χ3v) is 4.33. The van der Waals surface area contributed by atoms with Crippen LogP contribution >= 0.6 is 22.6 Å². The molecule has 0 fully saturated rings. The minimum Gasteiger partial charge on any atom is -0.302 e. The molecular formula is C14H19IN4O2. The number of aryl methyl sites for hydroxylation is 1. The number of hydrogen-bond donors (Lipinski definition) is 0. The molecular weight excluding hydrogens is 383 g/mol. The molecule has 2 heterocycles. The first-order valence-electron chi connectivity index (χ1n) is 6.97. The first kappa shape index (κ1) is 16.0. The smallest absolute Gasteiger partial charge is 0.302 e. The van der Waals surface area contributed by atoms with Crippen LogP contribution in [0.2, 0.25) is 0 Å². The van der Waals surface area contributed by atoms with Crippen molar-refractivity contribution >= 4 is 22.6 Å². The van der Waals surface area contributed by atoms with Gasteiger partial charge in [-0.2, -0.15) is 5.10 Å². The Morgan fingerprint density at radius 3 is 2.57 bits per heavy atom. The predicted octanol–water partition coefficient (Wildman–Crippen LogP) is 1.76. The minimum atomic E-state index is -0.322. The van der Waals surface area contributed by atoms with Crippen LogP contribution in [0, 0.1) is 3.57 Å². The van der Waals surface area contributed by atoms with E-state index in [9.17, 15) is 9.59 Å². The van der Waals surface area contributed by atoms with Crippen LogP contribution in [-0.4, -0.2) is 18.9 Å². The zero-order valence-corrected chi connectivity index (χ0v) is 14.6. The maximum atomic E-state index is 12.1. The fourth-order valence-corrected chi connectivity index (χ4v) is 3.02. The van der Waals surface area contributed by atoms with Crippen LogP contribution in [0.25, 0.3) is 0 Å². The molecule has 0 unspecified atom stereocenters. The molecule has 2 rings (SSSR count). The standard InChI is InChI=1S/C14H19IN4O2/c1-4-11(5-2)19-7-6-10(16-19)8-18-13(20)12(15)9-17(3)14(18)21/h6-7,9,11H,4-5,8H2,1-3H3. The summed E-state index contributed by atoms with van der Waals surface area (Å²) in [5.74, 6) is 0. The predicted molar refractivity (Wildman–Crippen MR) is 89.6 cm³/mol. The van der Waals surface area contributed by atoms with Crippen LogP contribution in [0.4, 0.5) is 0 Å². The molecule has 0 aliphatic rings. The van der Waals surface area contributed by atoms with Crippen molar-refractivity contribution in [2.45, 2.75) is 39.3 Å². The molecule has 0 amide bonds. The van der Waals surface area contributed by atoms with E-state index in [1.54, 1.807) is 13.2 Å². The van der Waals surface area contributed by atoms with Gasteiger partial charge in [-0.3, -0.25) is 14.0 Å². The van der Waals surface area contributed by atoms with Crippen molar-refractivity contribution in [1.29, 1.82) is 0 Å². The van der Waals surface area contributed by atoms with Gasteiger partial charge in [0.15, 0.2) is 0 Å². The Hall–Kier alpha value is -1.38. The van der Waals surface area contributed by atoms with Gasteiger partial charge < -0.3 is 4.57 Å². The topological polar surface area (TPSA) is 61.8 Å². The van der Waals surface area contributed by atoms with Crippen LogP contribution in [0.15, 0.2) is 28.0 Å². The van der Waals surface area contributed by atoms with Gasteiger partial charge in [0.1, 0.15) is 0 Å². The summed E-state index contributed by atoms with van der Waals surface area (Å²) in [4.78, 5) is 24.2. The Morgan fingerprint density at radius 1 is 1.29 bits per heavy atom. The lowest BCUT2D eigenvalue weighted by molar-refractivity contribution is 0.424. The van der Waals surface area contributed by atoms with E-state index in [4.69, 9.17) is 0 Å². The van der Waals surface area contributed by atoms with Gasteiger partial charge >= 0.3 is 5.69 Å². The number of aromatic nitrogens is 4. The molecule has 0 atom stereocenters. The number of halogens is 1. The monoisotopic (exact) mass is 402 g/mol. The molecule has 0 radical (unpaired) electrons. The van der Waals surface area contributed by atoms with Gasteiger partial charge in [-0.05, 0) is 41.5 Å². The van der Waals surface area contributed by atoms with E-state index in [1.165, 1.54) is 9.13 Å². The quantitative estimate of drug-likeness (QED) is 0.717. The van der Waals surface area contributed by atoms with E-state index in [1.807, 2.05) is 39.5 Å². The number of nitrogens with zero attached hydrogens (tertiary/aromatic N) is 4. The lowest BCUT2D eigenvalue weighted by atomic mass is 10.2. The molecule has 6 nitrogen and oxygen atoms in total. The largest absolute Gasteiger partial charge is 0.331 e. The highest BCUT2D eigenvalue weighted by atomic mass is 127. The lowest BCUT2D eigenvalue weighted by Crippen LogP contribution is -2.40. The second kappa shape index (κ2) is 6.59. The van der Waals surface area contributed by atoms with Crippen LogP contribution < -0.4 is 11.2 Å². The third-order valence-electron chi connectivity index (χ3n) is 3.59. The summed E-state index contributed by atoms with van der Waals surface area (Å²) < 4.78 is 5.08. The minimum absolute atomic E-state index is 0.204. The molecule has 0 aliphatic heterocycles. The van der Waals surface area contributed by atoms with Gasteiger partial charge in [0.25, 0.3) is 5.56 Å². The van der Waals surface area contributed by atoms with Crippen molar-refractivity contribution in [2.75, 3.05) is 0 Å². The molecule has 0 aliphatic carbocycles. The summed E-state index contributed by atoms with van der Waals surface area (Å²) in [5, 5.41) is 4.50. The Morgan fingerprint density at radius 2 is 1.95 bits per heavy atom. The highest BCUT2D eigenvalue weighted by Gasteiger charge is 2.12. The zero-order chi connectivity index (χ0) is 15.6. The summed E-state index contributed by atoms with van der Waals surface area (Å²) in [6.07, 6.45) is 5.46. The third kappa shape index (κ3) is 3.28. The second-order valence-electron chi connectivity index (χ2n) is 5.02. The van der Waals surface area contributed by atoms with Gasteiger partial charge in [0.2, 0.25) is 0 Å². The van der Waals surface area contributed by atoms with Gasteiger partial charge in [-0.25, -0.2) is 4.79 Å². The lowest BCUT2D eigenvalue weighted by Gasteiger charge is -2.12. The fourth-order valence-electron chi connectivity index (χ4n) is 2.32. The van der Waals surface area contributed by atoms with Crippen LogP contribution in [0.1, 0.15) is 38.4 Å². The van der Waals surface area contributed by atoms with Crippen molar-refractivity contribution in [3.8, 4) is 0 Å². The van der Waals surface area contributed by atoms with E-state index < -0.39 is 0 Å². The number of rotatable bonds is 5. The molecule has 0 bridgehead atoms. The molecule has 0 N–H and O–H groups in total. The first-order chi connectivity index (χ1) is 9.97. The molecule has 0 aromatic carbocycles. The van der Waals surface area contributed by atoms with Crippen molar-refractivity contribution < 1.29 is 0 Å². The average Bonchev–Trinajstić information content (AvgIpc) is 2.91. The molecule has 0 saturated heterocycles. The summed E-state index contributed by atoms with van der Waals surface area (Å²) in [7, 11) is 1.64. The molecule has 0 spiro atoms. The molecule has 2 aromatic rings. The highest BCUT2D eigenvalue weighted by molar-refractivity contribution is 14.1. The summed E-state index contributed by atoms with van der Waals surface area (Å²) in [5.41, 5.74) is 0.136. The zero-order valence-electron chi connectivity index (χ0n) is 12.4. The van der Waals surface area contributed by atoms with Crippen LogP contribution in [0.5, 0.6) is 0 Å². The van der Waals surface area contributed by atoms with Crippen molar-refractivity contribution in [2.24, 2.45) is 7.05 Å². The maximum absolute atomic E-state index is 12.1. The summed E-state index contributed by atoms with van der Waals surface area (Å²) in [6.45, 7) is 4.44. The Kier molecular flexibility index (Phi) is 5.02. The van der Waals surface area contributed by atoms with Gasteiger partial charge in [-0.15, -0.1) is 0 Å². The molecule has 0 saturated carbocycles. The van der Waals surface area contributed by atoms with E-state index >= 15 is 0 Å². The molecule has 114 valence electrons. The van der Waals surface area contributed by atoms with Crippen molar-refractivity contribution in [3.05, 3.63) is 48.6 Å². The SMILES string of the molecule is CCC(CC)n1ccc(Cn2c(=O)c(I)cn(C)c2=O)n1. The van der Waals surface area contributed by atoms with Crippen molar-refractivity contribution in [3.63, 3.8) is 0 Å². The summed E-state index contributed by atoms with van der Waals surface area (Å²) >= 11 is 1.94. The fraction of sp³-hybridized carbons (Fsp3) is 0.500. The number of hydrogen-bond acceptors (Lipinski definition) is 3. The van der Waals surface area contributed by atoms with Crippen molar-refractivity contribution in [1.82, 2.24) is 18.9 Å². The van der Waals surface area contributed by atoms with Crippen LogP contribution in [0.3, 0.4) is 0 Å². The van der Waals surface area contributed by atoms with Crippen LogP contribution in [-0.2, 0) is 13.6 Å². The first-order valence-corrected chi connectivity index (χ1v) is 8.05. The van der Waals surface area contributed by atoms with E-state index in [-0.39, 0.29) is 17.8 Å². The normalized spacial score (nSPS) is 11.3. The van der Waals surface area contributed by atoms with E-state index in [0.29, 0.717) is 9.61 Å². The van der Waals surface area contributed by atoms with Gasteiger partial charge in [0, 0.05) is 19.4 Å². The van der Waals surface area contributed by atoms with E-state index in [2.05, 4.69) is 18.9 Å². The Bertz CT molecular complexity index is 706. The maximum Gasteiger partial charge on any atom is 0.331 e. The molecule has 21 heavy (non-hydrogen) atoms.